The number of nitrogens with one attached hydrogen (secondary N) is 1. The highest BCUT2D eigenvalue weighted by Crippen LogP contribution is 2.33. The first-order chi connectivity index (χ1) is 14.2. The summed E-state index contributed by atoms with van der Waals surface area (Å²) in [7, 11) is 0. The molecular formula is C22H33N3O4S. The zero-order chi connectivity index (χ0) is 21.9. The highest BCUT2D eigenvalue weighted by atomic mass is 32.1. The topological polar surface area (TPSA) is 79.0 Å². The number of rotatable bonds is 5. The molecule has 0 radical (unpaired) electrons. The molecule has 30 heavy (non-hydrogen) atoms. The molecule has 7 nitrogen and oxygen atoms in total. The molecule has 1 N–H and O–H groups in total. The SMILES string of the molecule is CC(=O)N[C@H](CC(=O)N1CCC[C@@H]1[C@H]1CCCN1C(=O)OC(C)(C)C)c1cccs1. The number of carbonyl (C=O) groups is 3. The Morgan fingerprint density at radius 1 is 1.17 bits per heavy atom. The van der Waals surface area contributed by atoms with Crippen LogP contribution < -0.4 is 5.32 Å². The molecule has 166 valence electrons. The Kier molecular flexibility index (Phi) is 7.06. The lowest BCUT2D eigenvalue weighted by atomic mass is 10.0. The van der Waals surface area contributed by atoms with Crippen LogP contribution in [0.4, 0.5) is 4.79 Å². The van der Waals surface area contributed by atoms with E-state index >= 15 is 0 Å². The van der Waals surface area contributed by atoms with Gasteiger partial charge in [-0.05, 0) is 57.9 Å². The van der Waals surface area contributed by atoms with Gasteiger partial charge in [-0.2, -0.15) is 0 Å². The molecule has 3 rings (SSSR count). The summed E-state index contributed by atoms with van der Waals surface area (Å²) in [4.78, 5) is 42.3. The van der Waals surface area contributed by atoms with Crippen LogP contribution in [-0.4, -0.2) is 58.5 Å². The minimum Gasteiger partial charge on any atom is -0.444 e. The van der Waals surface area contributed by atoms with Crippen LogP contribution >= 0.6 is 11.3 Å². The lowest BCUT2D eigenvalue weighted by molar-refractivity contribution is -0.133. The molecule has 2 saturated heterocycles. The second kappa shape index (κ2) is 9.37. The zero-order valence-electron chi connectivity index (χ0n) is 18.3. The minimum atomic E-state index is -0.540. The van der Waals surface area contributed by atoms with Gasteiger partial charge in [0.05, 0.1) is 24.5 Å². The first-order valence-corrected chi connectivity index (χ1v) is 11.6. The van der Waals surface area contributed by atoms with E-state index in [1.807, 2.05) is 48.1 Å². The van der Waals surface area contributed by atoms with Crippen molar-refractivity contribution in [1.29, 1.82) is 0 Å². The van der Waals surface area contributed by atoms with Crippen molar-refractivity contribution < 1.29 is 19.1 Å². The van der Waals surface area contributed by atoms with Gasteiger partial charge in [0.15, 0.2) is 0 Å². The number of nitrogens with zero attached hydrogens (tertiary/aromatic N) is 2. The number of likely N-dealkylation sites (tertiary alicyclic amines) is 2. The fraction of sp³-hybridized carbons (Fsp3) is 0.682. The molecule has 3 atom stereocenters. The first-order valence-electron chi connectivity index (χ1n) is 10.8. The molecule has 2 fully saturated rings. The van der Waals surface area contributed by atoms with Crippen molar-refractivity contribution >= 4 is 29.2 Å². The van der Waals surface area contributed by atoms with Crippen molar-refractivity contribution in [3.63, 3.8) is 0 Å². The van der Waals surface area contributed by atoms with Crippen molar-refractivity contribution in [3.8, 4) is 0 Å². The van der Waals surface area contributed by atoms with E-state index in [2.05, 4.69) is 5.32 Å². The number of hydrogen-bond acceptors (Lipinski definition) is 5. The molecule has 8 heteroatoms. The highest BCUT2D eigenvalue weighted by molar-refractivity contribution is 7.10. The second-order valence-corrected chi connectivity index (χ2v) is 10.1. The van der Waals surface area contributed by atoms with Crippen LogP contribution in [0.25, 0.3) is 0 Å². The number of ether oxygens (including phenoxy) is 1. The van der Waals surface area contributed by atoms with E-state index in [9.17, 15) is 14.4 Å². The summed E-state index contributed by atoms with van der Waals surface area (Å²) in [5.41, 5.74) is -0.540. The monoisotopic (exact) mass is 435 g/mol. The number of amides is 3. The Labute approximate surface area is 182 Å². The molecule has 0 aromatic carbocycles. The van der Waals surface area contributed by atoms with E-state index in [-0.39, 0.29) is 42.5 Å². The maximum Gasteiger partial charge on any atom is 0.410 e. The van der Waals surface area contributed by atoms with Crippen LogP contribution in [0.5, 0.6) is 0 Å². The predicted octanol–water partition coefficient (Wildman–Crippen LogP) is 3.71. The predicted molar refractivity (Wildman–Crippen MR) is 116 cm³/mol. The quantitative estimate of drug-likeness (QED) is 0.765. The fourth-order valence-corrected chi connectivity index (χ4v) is 5.27. The van der Waals surface area contributed by atoms with Crippen LogP contribution in [0, 0.1) is 0 Å². The van der Waals surface area contributed by atoms with Crippen LogP contribution in [0.2, 0.25) is 0 Å². The molecule has 3 heterocycles. The van der Waals surface area contributed by atoms with Gasteiger partial charge in [0.25, 0.3) is 0 Å². The summed E-state index contributed by atoms with van der Waals surface area (Å²) in [5, 5.41) is 4.86. The average molecular weight is 436 g/mol. The summed E-state index contributed by atoms with van der Waals surface area (Å²) in [5.74, 6) is -0.119. The van der Waals surface area contributed by atoms with Gasteiger partial charge in [-0.25, -0.2) is 4.79 Å². The van der Waals surface area contributed by atoms with Crippen LogP contribution in [0.15, 0.2) is 17.5 Å². The van der Waals surface area contributed by atoms with Gasteiger partial charge < -0.3 is 19.9 Å². The van der Waals surface area contributed by atoms with Crippen molar-refractivity contribution in [2.45, 2.75) is 83.5 Å². The third kappa shape index (κ3) is 5.53. The van der Waals surface area contributed by atoms with Gasteiger partial charge >= 0.3 is 6.09 Å². The molecule has 2 aliphatic heterocycles. The Balaban J connectivity index is 1.70. The van der Waals surface area contributed by atoms with E-state index in [0.717, 1.165) is 30.6 Å². The van der Waals surface area contributed by atoms with E-state index in [4.69, 9.17) is 4.74 Å². The second-order valence-electron chi connectivity index (χ2n) is 9.15. The molecule has 2 aliphatic rings. The minimum absolute atomic E-state index is 0.00717. The smallest absolute Gasteiger partial charge is 0.410 e. The van der Waals surface area contributed by atoms with E-state index in [1.54, 1.807) is 0 Å². The molecule has 1 aromatic rings. The van der Waals surface area contributed by atoms with Gasteiger partial charge in [-0.3, -0.25) is 9.59 Å². The van der Waals surface area contributed by atoms with Crippen LogP contribution in [0.3, 0.4) is 0 Å². The molecule has 0 spiro atoms. The zero-order valence-corrected chi connectivity index (χ0v) is 19.2. The van der Waals surface area contributed by atoms with Gasteiger partial charge in [0.1, 0.15) is 5.60 Å². The van der Waals surface area contributed by atoms with Crippen LogP contribution in [0.1, 0.15) is 70.7 Å². The Bertz CT molecular complexity index is 759. The Morgan fingerprint density at radius 3 is 2.37 bits per heavy atom. The number of carbonyl (C=O) groups excluding carboxylic acids is 3. The molecule has 0 aliphatic carbocycles. The van der Waals surface area contributed by atoms with E-state index < -0.39 is 5.60 Å². The fourth-order valence-electron chi connectivity index (χ4n) is 4.49. The summed E-state index contributed by atoms with van der Waals surface area (Å²) >= 11 is 1.54. The van der Waals surface area contributed by atoms with Gasteiger partial charge in [-0.15, -0.1) is 11.3 Å². The molecule has 0 unspecified atom stereocenters. The molecular weight excluding hydrogens is 402 g/mol. The van der Waals surface area contributed by atoms with Gasteiger partial charge in [0.2, 0.25) is 11.8 Å². The Morgan fingerprint density at radius 2 is 1.80 bits per heavy atom. The van der Waals surface area contributed by atoms with Crippen LogP contribution in [-0.2, 0) is 14.3 Å². The number of hydrogen-bond donors (Lipinski definition) is 1. The van der Waals surface area contributed by atoms with Gasteiger partial charge in [-0.1, -0.05) is 6.07 Å². The average Bonchev–Trinajstić information content (AvgIpc) is 3.38. The van der Waals surface area contributed by atoms with Crippen molar-refractivity contribution in [3.05, 3.63) is 22.4 Å². The maximum atomic E-state index is 13.2. The normalized spacial score (nSPS) is 22.8. The maximum absolute atomic E-state index is 13.2. The third-order valence-corrected chi connectivity index (χ3v) is 6.62. The van der Waals surface area contributed by atoms with Crippen molar-refractivity contribution in [2.75, 3.05) is 13.1 Å². The molecule has 0 saturated carbocycles. The lowest BCUT2D eigenvalue weighted by Crippen LogP contribution is -2.51. The van der Waals surface area contributed by atoms with Gasteiger partial charge in [0, 0.05) is 24.9 Å². The summed E-state index contributed by atoms with van der Waals surface area (Å²) in [6.07, 6.45) is 3.56. The lowest BCUT2D eigenvalue weighted by Gasteiger charge is -2.36. The molecule has 0 bridgehead atoms. The van der Waals surface area contributed by atoms with Crippen molar-refractivity contribution in [2.24, 2.45) is 0 Å². The summed E-state index contributed by atoms with van der Waals surface area (Å²) in [6, 6.07) is 3.55. The number of thiophene rings is 1. The van der Waals surface area contributed by atoms with E-state index in [0.29, 0.717) is 13.1 Å². The summed E-state index contributed by atoms with van der Waals surface area (Å²) < 4.78 is 5.60. The molecule has 3 amide bonds. The Hall–Kier alpha value is -2.09. The highest BCUT2D eigenvalue weighted by Gasteiger charge is 2.43. The largest absolute Gasteiger partial charge is 0.444 e. The molecule has 1 aromatic heterocycles. The first kappa shape index (κ1) is 22.6. The van der Waals surface area contributed by atoms with E-state index in [1.165, 1.54) is 18.3 Å². The third-order valence-electron chi connectivity index (χ3n) is 5.63. The van der Waals surface area contributed by atoms with Crippen molar-refractivity contribution in [1.82, 2.24) is 15.1 Å². The standard InChI is InChI=1S/C22H33N3O4S/c1-15(26)23-16(19-10-7-13-30-19)14-20(27)24-11-5-8-17(24)18-9-6-12-25(18)21(28)29-22(2,3)4/h7,10,13,16-18H,5-6,8-9,11-12,14H2,1-4H3,(H,23,26)/t16-,17-,18-/m1/s1. The summed E-state index contributed by atoms with van der Waals surface area (Å²) in [6.45, 7) is 8.44.